The van der Waals surface area contributed by atoms with E-state index in [1.54, 1.807) is 0 Å². The Morgan fingerprint density at radius 1 is 1.33 bits per heavy atom. The number of rotatable bonds is 9. The SMILES string of the molecule is COCCNS(=O)(=O)N[C@@H](CC(=O)OC)C(=O)O. The predicted molar refractivity (Wildman–Crippen MR) is 60.0 cm³/mol. The van der Waals surface area contributed by atoms with Crippen molar-refractivity contribution >= 4 is 22.1 Å². The molecule has 0 rings (SSSR count). The van der Waals surface area contributed by atoms with Crippen LogP contribution in [-0.4, -0.2) is 58.9 Å². The first-order valence-corrected chi connectivity index (χ1v) is 6.36. The molecule has 10 heteroatoms. The van der Waals surface area contributed by atoms with Crippen LogP contribution in [0.25, 0.3) is 0 Å². The normalized spacial score (nSPS) is 13.0. The Morgan fingerprint density at radius 2 is 1.94 bits per heavy atom. The zero-order chi connectivity index (χ0) is 14.2. The summed E-state index contributed by atoms with van der Waals surface area (Å²) in [5, 5.41) is 8.77. The van der Waals surface area contributed by atoms with Crippen molar-refractivity contribution in [3.05, 3.63) is 0 Å². The molecule has 3 N–H and O–H groups in total. The van der Waals surface area contributed by atoms with Crippen LogP contribution >= 0.6 is 0 Å². The Hall–Kier alpha value is -1.23. The lowest BCUT2D eigenvalue weighted by atomic mass is 10.2. The van der Waals surface area contributed by atoms with E-state index >= 15 is 0 Å². The number of nitrogens with one attached hydrogen (secondary N) is 2. The highest BCUT2D eigenvalue weighted by molar-refractivity contribution is 7.87. The lowest BCUT2D eigenvalue weighted by Gasteiger charge is -2.14. The van der Waals surface area contributed by atoms with Gasteiger partial charge in [-0.15, -0.1) is 0 Å². The van der Waals surface area contributed by atoms with Gasteiger partial charge in [0, 0.05) is 13.7 Å². The molecule has 0 unspecified atom stereocenters. The topological polar surface area (TPSA) is 131 Å². The van der Waals surface area contributed by atoms with Crippen molar-refractivity contribution < 1.29 is 32.6 Å². The number of carboxylic acids is 1. The minimum atomic E-state index is -4.02. The molecule has 9 nitrogen and oxygen atoms in total. The number of carbonyl (C=O) groups is 2. The summed E-state index contributed by atoms with van der Waals surface area (Å²) < 4.78 is 35.6. The van der Waals surface area contributed by atoms with Gasteiger partial charge in [-0.25, -0.2) is 0 Å². The second-order valence-corrected chi connectivity index (χ2v) is 4.71. The van der Waals surface area contributed by atoms with Gasteiger partial charge >= 0.3 is 11.9 Å². The van der Waals surface area contributed by atoms with Gasteiger partial charge in [-0.3, -0.25) is 9.59 Å². The van der Waals surface area contributed by atoms with Gasteiger partial charge in [-0.05, 0) is 0 Å². The number of carbonyl (C=O) groups excluding carboxylic acids is 1. The number of methoxy groups -OCH3 is 2. The quantitative estimate of drug-likeness (QED) is 0.332. The van der Waals surface area contributed by atoms with Crippen LogP contribution in [0.4, 0.5) is 0 Å². The summed E-state index contributed by atoms with van der Waals surface area (Å²) in [4.78, 5) is 21.7. The van der Waals surface area contributed by atoms with Crippen molar-refractivity contribution in [2.45, 2.75) is 12.5 Å². The minimum absolute atomic E-state index is 0.0175. The maximum atomic E-state index is 11.4. The number of aliphatic carboxylic acids is 1. The number of hydrogen-bond donors (Lipinski definition) is 3. The van der Waals surface area contributed by atoms with E-state index < -0.39 is 34.6 Å². The van der Waals surface area contributed by atoms with Gasteiger partial charge in [0.1, 0.15) is 6.04 Å². The van der Waals surface area contributed by atoms with E-state index in [0.29, 0.717) is 0 Å². The zero-order valence-corrected chi connectivity index (χ0v) is 10.8. The molecule has 0 aliphatic carbocycles. The second kappa shape index (κ2) is 7.97. The molecule has 0 aromatic carbocycles. The van der Waals surface area contributed by atoms with Crippen LogP contribution in [0.1, 0.15) is 6.42 Å². The lowest BCUT2D eigenvalue weighted by molar-refractivity contribution is -0.147. The van der Waals surface area contributed by atoms with Gasteiger partial charge in [0.2, 0.25) is 0 Å². The first-order valence-electron chi connectivity index (χ1n) is 4.88. The molecule has 0 bridgehead atoms. The lowest BCUT2D eigenvalue weighted by Crippen LogP contribution is -2.48. The molecule has 1 atom stereocenters. The van der Waals surface area contributed by atoms with Crippen LogP contribution in [-0.2, 0) is 29.3 Å². The summed E-state index contributed by atoms with van der Waals surface area (Å²) in [6.45, 7) is 0.117. The summed E-state index contributed by atoms with van der Waals surface area (Å²) in [7, 11) is -1.56. The van der Waals surface area contributed by atoms with Crippen LogP contribution < -0.4 is 9.44 Å². The fraction of sp³-hybridized carbons (Fsp3) is 0.750. The molecule has 0 amide bonds. The van der Waals surface area contributed by atoms with Gasteiger partial charge in [0.05, 0.1) is 20.1 Å². The van der Waals surface area contributed by atoms with E-state index in [4.69, 9.17) is 5.11 Å². The summed E-state index contributed by atoms with van der Waals surface area (Å²) in [6, 6.07) is -1.59. The van der Waals surface area contributed by atoms with Crippen LogP contribution in [0.15, 0.2) is 0 Å². The molecule has 0 aliphatic heterocycles. The predicted octanol–water partition coefficient (Wildman–Crippen LogP) is -1.93. The smallest absolute Gasteiger partial charge is 0.322 e. The van der Waals surface area contributed by atoms with E-state index in [9.17, 15) is 18.0 Å². The minimum Gasteiger partial charge on any atom is -0.480 e. The Labute approximate surface area is 105 Å². The van der Waals surface area contributed by atoms with Gasteiger partial charge < -0.3 is 14.6 Å². The largest absolute Gasteiger partial charge is 0.480 e. The Balaban J connectivity index is 4.48. The maximum Gasteiger partial charge on any atom is 0.322 e. The van der Waals surface area contributed by atoms with E-state index in [1.165, 1.54) is 7.11 Å². The molecular weight excluding hydrogens is 268 g/mol. The summed E-state index contributed by atoms with van der Waals surface area (Å²) in [6.07, 6.45) is -0.600. The van der Waals surface area contributed by atoms with Crippen LogP contribution in [0.2, 0.25) is 0 Å². The first-order chi connectivity index (χ1) is 8.32. The first kappa shape index (κ1) is 16.8. The highest BCUT2D eigenvalue weighted by Crippen LogP contribution is 1.97. The van der Waals surface area contributed by atoms with E-state index in [-0.39, 0.29) is 13.2 Å². The van der Waals surface area contributed by atoms with Gasteiger partial charge in [-0.1, -0.05) is 0 Å². The molecular formula is C8H16N2O7S. The highest BCUT2D eigenvalue weighted by Gasteiger charge is 2.26. The van der Waals surface area contributed by atoms with Crippen LogP contribution in [0.5, 0.6) is 0 Å². The standard InChI is InChI=1S/C8H16N2O7S/c1-16-4-3-9-18(14,15)10-6(8(12)13)5-7(11)17-2/h6,9-10H,3-5H2,1-2H3,(H,12,13)/t6-/m0/s1. The third-order valence-corrected chi connectivity index (χ3v) is 2.97. The second-order valence-electron chi connectivity index (χ2n) is 3.18. The van der Waals surface area contributed by atoms with Crippen molar-refractivity contribution in [1.29, 1.82) is 0 Å². The molecule has 18 heavy (non-hydrogen) atoms. The average molecular weight is 284 g/mol. The van der Waals surface area contributed by atoms with Crippen molar-refractivity contribution in [2.24, 2.45) is 0 Å². The Morgan fingerprint density at radius 3 is 2.39 bits per heavy atom. The number of esters is 1. The van der Waals surface area contributed by atoms with Gasteiger partial charge in [-0.2, -0.15) is 17.9 Å². The molecule has 0 aromatic heterocycles. The fourth-order valence-electron chi connectivity index (χ4n) is 0.936. The van der Waals surface area contributed by atoms with Crippen molar-refractivity contribution in [3.63, 3.8) is 0 Å². The monoisotopic (exact) mass is 284 g/mol. The molecule has 0 fully saturated rings. The zero-order valence-electron chi connectivity index (χ0n) is 10.0. The third kappa shape index (κ3) is 7.17. The molecule has 0 saturated heterocycles. The molecule has 0 radical (unpaired) electrons. The molecule has 0 spiro atoms. The molecule has 106 valence electrons. The fourth-order valence-corrected chi connectivity index (χ4v) is 1.93. The number of ether oxygens (including phenoxy) is 2. The summed E-state index contributed by atoms with van der Waals surface area (Å²) in [5.74, 6) is -2.31. The third-order valence-electron chi connectivity index (χ3n) is 1.79. The molecule has 0 aromatic rings. The van der Waals surface area contributed by atoms with Crippen molar-refractivity contribution in [2.75, 3.05) is 27.4 Å². The van der Waals surface area contributed by atoms with Crippen molar-refractivity contribution in [1.82, 2.24) is 9.44 Å². The molecule has 0 saturated carbocycles. The van der Waals surface area contributed by atoms with Gasteiger partial charge in [0.25, 0.3) is 10.2 Å². The maximum absolute atomic E-state index is 11.4. The molecule has 0 heterocycles. The van der Waals surface area contributed by atoms with Crippen LogP contribution in [0, 0.1) is 0 Å². The summed E-state index contributed by atoms with van der Waals surface area (Å²) >= 11 is 0. The van der Waals surface area contributed by atoms with E-state index in [1.807, 2.05) is 4.72 Å². The number of carboxylic acid groups (broad SMARTS) is 1. The Kier molecular flexibility index (Phi) is 7.43. The van der Waals surface area contributed by atoms with Gasteiger partial charge in [0.15, 0.2) is 0 Å². The number of hydrogen-bond acceptors (Lipinski definition) is 6. The highest BCUT2D eigenvalue weighted by atomic mass is 32.2. The average Bonchev–Trinajstić information content (AvgIpc) is 2.27. The van der Waals surface area contributed by atoms with E-state index in [0.717, 1.165) is 7.11 Å². The van der Waals surface area contributed by atoms with Crippen molar-refractivity contribution in [3.8, 4) is 0 Å². The van der Waals surface area contributed by atoms with Crippen LogP contribution in [0.3, 0.4) is 0 Å². The van der Waals surface area contributed by atoms with E-state index in [2.05, 4.69) is 14.2 Å². The summed E-state index contributed by atoms with van der Waals surface area (Å²) in [5.41, 5.74) is 0. The Bertz CT molecular complexity index is 381. The molecule has 0 aliphatic rings.